The van der Waals surface area contributed by atoms with Gasteiger partial charge in [0, 0.05) is 18.5 Å². The summed E-state index contributed by atoms with van der Waals surface area (Å²) in [5.74, 6) is 0. The first-order valence-electron chi connectivity index (χ1n) is 6.73. The zero-order valence-corrected chi connectivity index (χ0v) is 10.8. The highest BCUT2D eigenvalue weighted by Gasteiger charge is 2.15. The Morgan fingerprint density at radius 2 is 2.22 bits per heavy atom. The first-order chi connectivity index (χ1) is 8.88. The Labute approximate surface area is 107 Å². The summed E-state index contributed by atoms with van der Waals surface area (Å²) in [5.41, 5.74) is 3.66. The van der Waals surface area contributed by atoms with Crippen molar-refractivity contribution in [2.45, 2.75) is 19.8 Å². The predicted molar refractivity (Wildman–Crippen MR) is 75.4 cm³/mol. The van der Waals surface area contributed by atoms with E-state index in [1.807, 2.05) is 6.07 Å². The van der Waals surface area contributed by atoms with Gasteiger partial charge in [-0.05, 0) is 31.0 Å². The van der Waals surface area contributed by atoms with Gasteiger partial charge in [-0.2, -0.15) is 5.10 Å². The molecule has 0 amide bonds. The average Bonchev–Trinajstić information content (AvgIpc) is 2.84. The van der Waals surface area contributed by atoms with Crippen molar-refractivity contribution in [1.29, 1.82) is 0 Å². The van der Waals surface area contributed by atoms with Crippen LogP contribution in [0.1, 0.15) is 25.5 Å². The fraction of sp³-hybridized carbons (Fsp3) is 0.400. The second kappa shape index (κ2) is 4.94. The van der Waals surface area contributed by atoms with Crippen LogP contribution in [0, 0.1) is 0 Å². The van der Waals surface area contributed by atoms with Crippen molar-refractivity contribution in [2.75, 3.05) is 19.6 Å². The number of aromatic nitrogens is 2. The number of nitrogens with one attached hydrogen (secondary N) is 1. The van der Waals surface area contributed by atoms with E-state index in [9.17, 15) is 0 Å². The Hall–Kier alpha value is -1.61. The van der Waals surface area contributed by atoms with E-state index < -0.39 is 0 Å². The molecule has 0 fully saturated rings. The van der Waals surface area contributed by atoms with Crippen LogP contribution in [0.5, 0.6) is 0 Å². The van der Waals surface area contributed by atoms with Crippen LogP contribution in [0.2, 0.25) is 0 Å². The minimum Gasteiger partial charge on any atom is -0.299 e. The summed E-state index contributed by atoms with van der Waals surface area (Å²) >= 11 is 0. The summed E-state index contributed by atoms with van der Waals surface area (Å²) in [6.45, 7) is 5.65. The summed E-state index contributed by atoms with van der Waals surface area (Å²) in [7, 11) is 0. The van der Waals surface area contributed by atoms with Crippen molar-refractivity contribution in [3.8, 4) is 0 Å². The molecule has 0 saturated heterocycles. The topological polar surface area (TPSA) is 31.9 Å². The number of benzene rings is 1. The third kappa shape index (κ3) is 2.06. The lowest BCUT2D eigenvalue weighted by Crippen LogP contribution is -2.29. The summed E-state index contributed by atoms with van der Waals surface area (Å²) in [4.78, 5) is 2.50. The maximum Gasteiger partial charge on any atom is 0.0956 e. The molecule has 1 aliphatic heterocycles. The van der Waals surface area contributed by atoms with E-state index >= 15 is 0 Å². The van der Waals surface area contributed by atoms with E-state index in [4.69, 9.17) is 0 Å². The average molecular weight is 241 g/mol. The Balaban J connectivity index is 1.87. The van der Waals surface area contributed by atoms with Crippen LogP contribution in [0.25, 0.3) is 16.5 Å². The monoisotopic (exact) mass is 241 g/mol. The van der Waals surface area contributed by atoms with Crippen LogP contribution in [0.4, 0.5) is 0 Å². The molecule has 0 atom stereocenters. The van der Waals surface area contributed by atoms with Gasteiger partial charge in [-0.1, -0.05) is 31.2 Å². The molecule has 1 aromatic heterocycles. The SMILES string of the molecule is CCCN1CC=C(c2n[nH]c3ccccc23)CC1. The quantitative estimate of drug-likeness (QED) is 0.895. The molecule has 1 aromatic carbocycles. The van der Waals surface area contributed by atoms with Crippen molar-refractivity contribution in [2.24, 2.45) is 0 Å². The Bertz CT molecular complexity index is 568. The molecule has 1 N–H and O–H groups in total. The molecule has 0 spiro atoms. The Morgan fingerprint density at radius 3 is 3.00 bits per heavy atom. The van der Waals surface area contributed by atoms with E-state index in [0.717, 1.165) is 30.7 Å². The third-order valence-electron chi connectivity index (χ3n) is 3.61. The number of hydrogen-bond donors (Lipinski definition) is 1. The van der Waals surface area contributed by atoms with E-state index in [2.05, 4.69) is 46.3 Å². The van der Waals surface area contributed by atoms with Gasteiger partial charge in [0.05, 0.1) is 11.2 Å². The van der Waals surface area contributed by atoms with Gasteiger partial charge in [0.2, 0.25) is 0 Å². The number of nitrogens with zero attached hydrogens (tertiary/aromatic N) is 2. The lowest BCUT2D eigenvalue weighted by atomic mass is 10.0. The molecule has 0 saturated carbocycles. The van der Waals surface area contributed by atoms with Gasteiger partial charge in [-0.3, -0.25) is 10.00 Å². The fourth-order valence-corrected chi connectivity index (χ4v) is 2.65. The number of H-pyrrole nitrogens is 1. The van der Waals surface area contributed by atoms with Gasteiger partial charge in [0.15, 0.2) is 0 Å². The molecule has 3 heteroatoms. The number of rotatable bonds is 3. The van der Waals surface area contributed by atoms with E-state index in [1.54, 1.807) is 0 Å². The van der Waals surface area contributed by atoms with E-state index in [0.29, 0.717) is 0 Å². The highest BCUT2D eigenvalue weighted by molar-refractivity contribution is 5.90. The zero-order chi connectivity index (χ0) is 12.4. The van der Waals surface area contributed by atoms with Gasteiger partial charge >= 0.3 is 0 Å². The number of aromatic amines is 1. The van der Waals surface area contributed by atoms with Crippen LogP contribution < -0.4 is 0 Å². The highest BCUT2D eigenvalue weighted by atomic mass is 15.1. The number of para-hydroxylation sites is 1. The largest absolute Gasteiger partial charge is 0.299 e. The van der Waals surface area contributed by atoms with Crippen LogP contribution in [-0.2, 0) is 0 Å². The Morgan fingerprint density at radius 1 is 1.33 bits per heavy atom. The molecule has 3 nitrogen and oxygen atoms in total. The van der Waals surface area contributed by atoms with Gasteiger partial charge in [0.25, 0.3) is 0 Å². The molecule has 3 rings (SSSR count). The smallest absolute Gasteiger partial charge is 0.0956 e. The molecule has 1 aliphatic rings. The second-order valence-corrected chi connectivity index (χ2v) is 4.90. The van der Waals surface area contributed by atoms with Crippen molar-refractivity contribution < 1.29 is 0 Å². The van der Waals surface area contributed by atoms with Crippen LogP contribution in [0.3, 0.4) is 0 Å². The molecule has 94 valence electrons. The first-order valence-corrected chi connectivity index (χ1v) is 6.73. The molecule has 0 aliphatic carbocycles. The standard InChI is InChI=1S/C15H19N3/c1-2-9-18-10-7-12(8-11-18)15-13-5-3-4-6-14(13)16-17-15/h3-7H,2,8-11H2,1H3,(H,16,17). The molecular weight excluding hydrogens is 222 g/mol. The molecule has 2 aromatic rings. The fourth-order valence-electron chi connectivity index (χ4n) is 2.65. The first kappa shape index (κ1) is 11.5. The van der Waals surface area contributed by atoms with Crippen molar-refractivity contribution in [3.05, 3.63) is 36.0 Å². The minimum absolute atomic E-state index is 1.06. The summed E-state index contributed by atoms with van der Waals surface area (Å²) in [6, 6.07) is 8.35. The van der Waals surface area contributed by atoms with Crippen molar-refractivity contribution in [3.63, 3.8) is 0 Å². The normalized spacial score (nSPS) is 17.1. The van der Waals surface area contributed by atoms with Crippen LogP contribution in [-0.4, -0.2) is 34.7 Å². The third-order valence-corrected chi connectivity index (χ3v) is 3.61. The Kier molecular flexibility index (Phi) is 3.15. The number of fused-ring (bicyclic) bond motifs is 1. The predicted octanol–water partition coefficient (Wildman–Crippen LogP) is 3.06. The van der Waals surface area contributed by atoms with Crippen LogP contribution >= 0.6 is 0 Å². The van der Waals surface area contributed by atoms with Crippen molar-refractivity contribution in [1.82, 2.24) is 15.1 Å². The van der Waals surface area contributed by atoms with Gasteiger partial charge in [-0.25, -0.2) is 0 Å². The lowest BCUT2D eigenvalue weighted by Gasteiger charge is -2.25. The minimum atomic E-state index is 1.06. The summed E-state index contributed by atoms with van der Waals surface area (Å²) < 4.78 is 0. The number of hydrogen-bond acceptors (Lipinski definition) is 2. The maximum atomic E-state index is 4.48. The van der Waals surface area contributed by atoms with Crippen LogP contribution in [0.15, 0.2) is 30.3 Å². The maximum absolute atomic E-state index is 4.48. The molecule has 2 heterocycles. The summed E-state index contributed by atoms with van der Waals surface area (Å²) in [6.07, 6.45) is 4.67. The summed E-state index contributed by atoms with van der Waals surface area (Å²) in [5, 5.41) is 8.84. The molecule has 0 bridgehead atoms. The molecule has 18 heavy (non-hydrogen) atoms. The van der Waals surface area contributed by atoms with Gasteiger partial charge < -0.3 is 0 Å². The molecule has 0 radical (unpaired) electrons. The van der Waals surface area contributed by atoms with E-state index in [1.165, 1.54) is 23.9 Å². The van der Waals surface area contributed by atoms with Gasteiger partial charge in [0.1, 0.15) is 0 Å². The zero-order valence-electron chi connectivity index (χ0n) is 10.8. The van der Waals surface area contributed by atoms with Gasteiger partial charge in [-0.15, -0.1) is 0 Å². The molecular formula is C15H19N3. The second-order valence-electron chi connectivity index (χ2n) is 4.90. The highest BCUT2D eigenvalue weighted by Crippen LogP contribution is 2.26. The lowest BCUT2D eigenvalue weighted by molar-refractivity contribution is 0.302. The van der Waals surface area contributed by atoms with E-state index in [-0.39, 0.29) is 0 Å². The molecule has 0 unspecified atom stereocenters. The van der Waals surface area contributed by atoms with Crippen molar-refractivity contribution >= 4 is 16.5 Å².